The molecule has 0 amide bonds. The van der Waals surface area contributed by atoms with E-state index < -0.39 is 0 Å². The summed E-state index contributed by atoms with van der Waals surface area (Å²) < 4.78 is 0.577. The molecule has 3 nitrogen and oxygen atoms in total. The number of phenolic OH excluding ortho intramolecular Hbond substituents is 1. The first-order chi connectivity index (χ1) is 6.99. The quantitative estimate of drug-likeness (QED) is 0.830. The van der Waals surface area contributed by atoms with Gasteiger partial charge in [-0.1, -0.05) is 6.07 Å². The van der Waals surface area contributed by atoms with E-state index in [4.69, 9.17) is 5.73 Å². The highest BCUT2D eigenvalue weighted by atomic mass is 79.9. The van der Waals surface area contributed by atoms with E-state index in [1.165, 1.54) is 0 Å². The van der Waals surface area contributed by atoms with Crippen LogP contribution < -0.4 is 5.73 Å². The van der Waals surface area contributed by atoms with Gasteiger partial charge in [-0.25, -0.2) is 0 Å². The van der Waals surface area contributed by atoms with Crippen LogP contribution in [0.15, 0.2) is 10.5 Å². The Kier molecular flexibility index (Phi) is 3.88. The second-order valence-electron chi connectivity index (χ2n) is 3.51. The van der Waals surface area contributed by atoms with Crippen molar-refractivity contribution in [1.29, 1.82) is 0 Å². The number of ketones is 1. The van der Waals surface area contributed by atoms with Crippen molar-refractivity contribution < 1.29 is 9.90 Å². The first-order valence-electron chi connectivity index (χ1n) is 4.71. The van der Waals surface area contributed by atoms with Gasteiger partial charge in [0.05, 0.1) is 10.0 Å². The van der Waals surface area contributed by atoms with Gasteiger partial charge in [-0.3, -0.25) is 4.79 Å². The Bertz CT molecular complexity index is 402. The number of hydrogen-bond acceptors (Lipinski definition) is 3. The largest absolute Gasteiger partial charge is 0.506 e. The number of nitrogens with two attached hydrogens (primary N) is 1. The number of carbonyl (C=O) groups is 1. The third-order valence-electron chi connectivity index (χ3n) is 2.27. The number of aromatic hydroxyl groups is 1. The zero-order valence-electron chi connectivity index (χ0n) is 8.80. The van der Waals surface area contributed by atoms with E-state index in [2.05, 4.69) is 15.9 Å². The molecule has 4 heteroatoms. The van der Waals surface area contributed by atoms with E-state index in [0.29, 0.717) is 16.6 Å². The molecule has 1 aromatic rings. The van der Waals surface area contributed by atoms with Gasteiger partial charge in [0.15, 0.2) is 5.78 Å². The predicted molar refractivity (Wildman–Crippen MR) is 63.3 cm³/mol. The molecule has 0 fully saturated rings. The van der Waals surface area contributed by atoms with Gasteiger partial charge in [-0.2, -0.15) is 0 Å². The Morgan fingerprint density at radius 1 is 1.47 bits per heavy atom. The minimum atomic E-state index is -0.117. The average molecular weight is 272 g/mol. The van der Waals surface area contributed by atoms with E-state index in [0.717, 1.165) is 11.1 Å². The Morgan fingerprint density at radius 2 is 2.07 bits per heavy atom. The highest BCUT2D eigenvalue weighted by Gasteiger charge is 2.17. The number of phenols is 1. The van der Waals surface area contributed by atoms with Crippen molar-refractivity contribution in [3.05, 3.63) is 27.2 Å². The van der Waals surface area contributed by atoms with Crippen molar-refractivity contribution in [1.82, 2.24) is 0 Å². The number of hydrogen-bond donors (Lipinski definition) is 2. The molecule has 0 unspecified atom stereocenters. The molecule has 0 aliphatic heterocycles. The zero-order chi connectivity index (χ0) is 11.6. The van der Waals surface area contributed by atoms with Crippen LogP contribution >= 0.6 is 15.9 Å². The van der Waals surface area contributed by atoms with Gasteiger partial charge >= 0.3 is 0 Å². The van der Waals surface area contributed by atoms with E-state index in [9.17, 15) is 9.90 Å². The van der Waals surface area contributed by atoms with Crippen LogP contribution in [0.1, 0.15) is 27.9 Å². The SMILES string of the molecule is Cc1cc(C)c(C(=O)CCN)c(O)c1Br. The first kappa shape index (κ1) is 12.2. The molecule has 0 radical (unpaired) electrons. The number of carbonyl (C=O) groups excluding carboxylic acids is 1. The van der Waals surface area contributed by atoms with Crippen LogP contribution in [0.3, 0.4) is 0 Å². The molecule has 1 aromatic carbocycles. The molecule has 0 atom stereocenters. The van der Waals surface area contributed by atoms with Gasteiger partial charge in [0, 0.05) is 6.42 Å². The average Bonchev–Trinajstić information content (AvgIpc) is 2.15. The minimum Gasteiger partial charge on any atom is -0.506 e. The lowest BCUT2D eigenvalue weighted by molar-refractivity contribution is 0.0982. The normalized spacial score (nSPS) is 10.4. The lowest BCUT2D eigenvalue weighted by Crippen LogP contribution is -2.10. The smallest absolute Gasteiger partial charge is 0.168 e. The van der Waals surface area contributed by atoms with Crippen LogP contribution in [0.4, 0.5) is 0 Å². The number of benzene rings is 1. The summed E-state index contributed by atoms with van der Waals surface area (Å²) in [6.07, 6.45) is 0.254. The zero-order valence-corrected chi connectivity index (χ0v) is 10.4. The Balaban J connectivity index is 3.29. The fourth-order valence-corrected chi connectivity index (χ4v) is 1.86. The molecule has 0 bridgehead atoms. The van der Waals surface area contributed by atoms with Gasteiger partial charge in [0.25, 0.3) is 0 Å². The molecule has 0 aliphatic carbocycles. The standard InChI is InChI=1S/C11H14BrNO2/c1-6-5-7(2)10(12)11(15)9(6)8(14)3-4-13/h5,15H,3-4,13H2,1-2H3. The molecule has 15 heavy (non-hydrogen) atoms. The van der Waals surface area contributed by atoms with Crippen LogP contribution in [0.5, 0.6) is 5.75 Å². The van der Waals surface area contributed by atoms with Gasteiger partial charge < -0.3 is 10.8 Å². The third-order valence-corrected chi connectivity index (χ3v) is 3.27. The lowest BCUT2D eigenvalue weighted by atomic mass is 9.99. The van der Waals surface area contributed by atoms with Crippen LogP contribution in [0, 0.1) is 13.8 Å². The Labute approximate surface area is 97.4 Å². The first-order valence-corrected chi connectivity index (χ1v) is 5.50. The molecule has 3 N–H and O–H groups in total. The maximum atomic E-state index is 11.7. The van der Waals surface area contributed by atoms with Crippen molar-refractivity contribution in [2.45, 2.75) is 20.3 Å². The Hall–Kier alpha value is -0.870. The third kappa shape index (κ3) is 2.38. The molecule has 0 spiro atoms. The van der Waals surface area contributed by atoms with Crippen LogP contribution in [0.25, 0.3) is 0 Å². The van der Waals surface area contributed by atoms with Gasteiger partial charge in [0.2, 0.25) is 0 Å². The molecule has 0 aliphatic rings. The maximum absolute atomic E-state index is 11.7. The summed E-state index contributed by atoms with van der Waals surface area (Å²) in [6, 6.07) is 1.87. The summed E-state index contributed by atoms with van der Waals surface area (Å²) in [5.74, 6) is -0.0980. The second-order valence-corrected chi connectivity index (χ2v) is 4.30. The Morgan fingerprint density at radius 3 is 2.60 bits per heavy atom. The summed E-state index contributed by atoms with van der Waals surface area (Å²) in [5, 5.41) is 9.85. The molecule has 82 valence electrons. The molecule has 1 rings (SSSR count). The van der Waals surface area contributed by atoms with Gasteiger partial charge in [0.1, 0.15) is 5.75 Å². The fourth-order valence-electron chi connectivity index (χ4n) is 1.55. The van der Waals surface area contributed by atoms with Crippen LogP contribution in [-0.2, 0) is 0 Å². The highest BCUT2D eigenvalue weighted by Crippen LogP contribution is 2.34. The monoisotopic (exact) mass is 271 g/mol. The summed E-state index contributed by atoms with van der Waals surface area (Å²) >= 11 is 3.25. The van der Waals surface area contributed by atoms with Gasteiger partial charge in [-0.05, 0) is 47.4 Å². The molecular formula is C11H14BrNO2. The topological polar surface area (TPSA) is 63.3 Å². The van der Waals surface area contributed by atoms with Crippen LogP contribution in [0.2, 0.25) is 0 Å². The number of rotatable bonds is 3. The van der Waals surface area contributed by atoms with Gasteiger partial charge in [-0.15, -0.1) is 0 Å². The fraction of sp³-hybridized carbons (Fsp3) is 0.364. The van der Waals surface area contributed by atoms with Crippen molar-refractivity contribution in [3.8, 4) is 5.75 Å². The number of halogens is 1. The highest BCUT2D eigenvalue weighted by molar-refractivity contribution is 9.10. The number of Topliss-reactive ketones (excluding diaryl/α,β-unsaturated/α-hetero) is 1. The van der Waals surface area contributed by atoms with Crippen molar-refractivity contribution in [2.24, 2.45) is 5.73 Å². The second kappa shape index (κ2) is 4.77. The van der Waals surface area contributed by atoms with Crippen LogP contribution in [-0.4, -0.2) is 17.4 Å². The predicted octanol–water partition coefficient (Wildman–Crippen LogP) is 2.30. The maximum Gasteiger partial charge on any atom is 0.168 e. The molecule has 0 aromatic heterocycles. The van der Waals surface area contributed by atoms with E-state index in [-0.39, 0.29) is 18.0 Å². The minimum absolute atomic E-state index is 0.0194. The van der Waals surface area contributed by atoms with Crippen molar-refractivity contribution in [3.63, 3.8) is 0 Å². The summed E-state index contributed by atoms with van der Waals surface area (Å²) in [6.45, 7) is 3.97. The summed E-state index contributed by atoms with van der Waals surface area (Å²) in [4.78, 5) is 11.7. The van der Waals surface area contributed by atoms with Crippen molar-refractivity contribution >= 4 is 21.7 Å². The molecule has 0 heterocycles. The summed E-state index contributed by atoms with van der Waals surface area (Å²) in [5.41, 5.74) is 7.39. The molecular weight excluding hydrogens is 258 g/mol. The number of aryl methyl sites for hydroxylation is 2. The van der Waals surface area contributed by atoms with E-state index in [1.807, 2.05) is 19.9 Å². The van der Waals surface area contributed by atoms with Crippen molar-refractivity contribution in [2.75, 3.05) is 6.54 Å². The van der Waals surface area contributed by atoms with E-state index in [1.54, 1.807) is 0 Å². The molecule has 0 saturated carbocycles. The summed E-state index contributed by atoms with van der Waals surface area (Å²) in [7, 11) is 0. The lowest BCUT2D eigenvalue weighted by Gasteiger charge is -2.10. The van der Waals surface area contributed by atoms with E-state index >= 15 is 0 Å². The molecule has 0 saturated heterocycles.